The van der Waals surface area contributed by atoms with E-state index in [0.29, 0.717) is 19.7 Å². The standard InChI is InChI=1S/C22H28N2O3/c1-4-24(5-2)22(26)21(18-10-8-7-9-11-18)23-20(25)16-17-12-14-19(15-13-17)27-6-3/h7-15,21H,4-6,16H2,1-3H3,(H,23,25)/t21-/m0/s1. The number of amides is 2. The number of nitrogens with zero attached hydrogens (tertiary/aromatic N) is 1. The normalized spacial score (nSPS) is 11.5. The van der Waals surface area contributed by atoms with Gasteiger partial charge in [-0.2, -0.15) is 0 Å². The SMILES string of the molecule is CCOc1ccc(CC(=O)N[C@H](C(=O)N(CC)CC)c2ccccc2)cc1. The molecule has 0 aliphatic carbocycles. The monoisotopic (exact) mass is 368 g/mol. The predicted molar refractivity (Wildman–Crippen MR) is 107 cm³/mol. The van der Waals surface area contributed by atoms with Crippen molar-refractivity contribution >= 4 is 11.8 Å². The van der Waals surface area contributed by atoms with Gasteiger partial charge in [0.25, 0.3) is 0 Å². The Labute approximate surface area is 161 Å². The van der Waals surface area contributed by atoms with Crippen LogP contribution in [0.5, 0.6) is 5.75 Å². The Balaban J connectivity index is 2.12. The summed E-state index contributed by atoms with van der Waals surface area (Å²) in [5.41, 5.74) is 1.66. The molecule has 1 atom stereocenters. The first-order chi connectivity index (χ1) is 13.1. The molecular weight excluding hydrogens is 340 g/mol. The van der Waals surface area contributed by atoms with Crippen LogP contribution in [-0.2, 0) is 16.0 Å². The lowest BCUT2D eigenvalue weighted by Gasteiger charge is -2.26. The summed E-state index contributed by atoms with van der Waals surface area (Å²) < 4.78 is 5.42. The van der Waals surface area contributed by atoms with Gasteiger partial charge in [-0.25, -0.2) is 0 Å². The molecule has 0 saturated carbocycles. The fourth-order valence-corrected chi connectivity index (χ4v) is 2.92. The summed E-state index contributed by atoms with van der Waals surface area (Å²) in [5, 5.41) is 2.91. The van der Waals surface area contributed by atoms with Crippen molar-refractivity contribution in [2.75, 3.05) is 19.7 Å². The van der Waals surface area contributed by atoms with Gasteiger partial charge < -0.3 is 15.0 Å². The highest BCUT2D eigenvalue weighted by Crippen LogP contribution is 2.17. The van der Waals surface area contributed by atoms with E-state index in [1.807, 2.05) is 75.4 Å². The van der Waals surface area contributed by atoms with Gasteiger partial charge in [-0.3, -0.25) is 9.59 Å². The maximum Gasteiger partial charge on any atom is 0.249 e. The summed E-state index contributed by atoms with van der Waals surface area (Å²) in [5.74, 6) is 0.500. The van der Waals surface area contributed by atoms with E-state index >= 15 is 0 Å². The minimum Gasteiger partial charge on any atom is -0.494 e. The first-order valence-electron chi connectivity index (χ1n) is 9.43. The van der Waals surface area contributed by atoms with Crippen LogP contribution in [0, 0.1) is 0 Å². The molecule has 0 aromatic heterocycles. The Morgan fingerprint density at radius 3 is 2.15 bits per heavy atom. The first-order valence-corrected chi connectivity index (χ1v) is 9.43. The molecule has 0 saturated heterocycles. The summed E-state index contributed by atoms with van der Waals surface area (Å²) in [6.07, 6.45) is 0.210. The van der Waals surface area contributed by atoms with Gasteiger partial charge in [-0.15, -0.1) is 0 Å². The number of rotatable bonds is 9. The van der Waals surface area contributed by atoms with Gasteiger partial charge in [-0.1, -0.05) is 42.5 Å². The van der Waals surface area contributed by atoms with Crippen LogP contribution in [0.25, 0.3) is 0 Å². The molecule has 0 bridgehead atoms. The van der Waals surface area contributed by atoms with Gasteiger partial charge in [0.2, 0.25) is 11.8 Å². The lowest BCUT2D eigenvalue weighted by molar-refractivity contribution is -0.136. The molecule has 0 aliphatic heterocycles. The zero-order valence-electron chi connectivity index (χ0n) is 16.3. The minimum atomic E-state index is -0.679. The molecule has 2 amide bonds. The topological polar surface area (TPSA) is 58.6 Å². The second kappa shape index (κ2) is 10.4. The number of carbonyl (C=O) groups is 2. The van der Waals surface area contributed by atoms with E-state index in [9.17, 15) is 9.59 Å². The molecule has 2 aromatic carbocycles. The predicted octanol–water partition coefficient (Wildman–Crippen LogP) is 3.35. The van der Waals surface area contributed by atoms with Crippen LogP contribution in [-0.4, -0.2) is 36.4 Å². The van der Waals surface area contributed by atoms with E-state index in [4.69, 9.17) is 4.74 Å². The van der Waals surface area contributed by atoms with Crippen LogP contribution in [0.1, 0.15) is 37.9 Å². The second-order valence-corrected chi connectivity index (χ2v) is 6.18. The molecule has 5 heteroatoms. The van der Waals surface area contributed by atoms with Crippen molar-refractivity contribution in [3.63, 3.8) is 0 Å². The largest absolute Gasteiger partial charge is 0.494 e. The number of ether oxygens (including phenoxy) is 1. The minimum absolute atomic E-state index is 0.0914. The zero-order valence-corrected chi connectivity index (χ0v) is 16.3. The van der Waals surface area contributed by atoms with Crippen LogP contribution in [0.4, 0.5) is 0 Å². The van der Waals surface area contributed by atoms with Gasteiger partial charge in [0.1, 0.15) is 11.8 Å². The molecule has 5 nitrogen and oxygen atoms in total. The van der Waals surface area contributed by atoms with Crippen LogP contribution in [0.2, 0.25) is 0 Å². The average molecular weight is 368 g/mol. The van der Waals surface area contributed by atoms with Crippen LogP contribution in [0.3, 0.4) is 0 Å². The number of nitrogens with one attached hydrogen (secondary N) is 1. The number of hydrogen-bond donors (Lipinski definition) is 1. The van der Waals surface area contributed by atoms with E-state index in [1.165, 1.54) is 0 Å². The first kappa shape index (κ1) is 20.5. The maximum absolute atomic E-state index is 12.9. The zero-order chi connectivity index (χ0) is 19.6. The van der Waals surface area contributed by atoms with E-state index in [2.05, 4.69) is 5.32 Å². The molecule has 2 rings (SSSR count). The highest BCUT2D eigenvalue weighted by Gasteiger charge is 2.26. The Bertz CT molecular complexity index is 725. The van der Waals surface area contributed by atoms with Crippen molar-refractivity contribution < 1.29 is 14.3 Å². The van der Waals surface area contributed by atoms with Crippen molar-refractivity contribution in [3.05, 3.63) is 65.7 Å². The van der Waals surface area contributed by atoms with Crippen molar-refractivity contribution in [1.29, 1.82) is 0 Å². The maximum atomic E-state index is 12.9. The molecule has 0 unspecified atom stereocenters. The molecule has 0 aliphatic rings. The molecule has 0 spiro atoms. The van der Waals surface area contributed by atoms with Crippen LogP contribution >= 0.6 is 0 Å². The van der Waals surface area contributed by atoms with Gasteiger partial charge in [0, 0.05) is 13.1 Å². The van der Waals surface area contributed by atoms with Crippen molar-refractivity contribution in [2.24, 2.45) is 0 Å². The third kappa shape index (κ3) is 5.84. The Morgan fingerprint density at radius 2 is 1.59 bits per heavy atom. The highest BCUT2D eigenvalue weighted by atomic mass is 16.5. The molecule has 1 N–H and O–H groups in total. The number of carbonyl (C=O) groups excluding carboxylic acids is 2. The van der Waals surface area contributed by atoms with Crippen molar-refractivity contribution in [2.45, 2.75) is 33.2 Å². The third-order valence-electron chi connectivity index (χ3n) is 4.36. The van der Waals surface area contributed by atoms with E-state index in [1.54, 1.807) is 4.90 Å². The molecule has 0 heterocycles. The fourth-order valence-electron chi connectivity index (χ4n) is 2.92. The highest BCUT2D eigenvalue weighted by molar-refractivity contribution is 5.89. The second-order valence-electron chi connectivity index (χ2n) is 6.18. The Hall–Kier alpha value is -2.82. The van der Waals surface area contributed by atoms with Crippen LogP contribution < -0.4 is 10.1 Å². The summed E-state index contributed by atoms with van der Waals surface area (Å²) in [6, 6.07) is 16.1. The van der Waals surface area contributed by atoms with E-state index < -0.39 is 6.04 Å². The number of benzene rings is 2. The molecule has 0 radical (unpaired) electrons. The molecule has 144 valence electrons. The third-order valence-corrected chi connectivity index (χ3v) is 4.36. The summed E-state index contributed by atoms with van der Waals surface area (Å²) >= 11 is 0. The van der Waals surface area contributed by atoms with Gasteiger partial charge >= 0.3 is 0 Å². The molecular formula is C22H28N2O3. The lowest BCUT2D eigenvalue weighted by Crippen LogP contribution is -2.43. The van der Waals surface area contributed by atoms with Crippen molar-refractivity contribution in [3.8, 4) is 5.75 Å². The van der Waals surface area contributed by atoms with Gasteiger partial charge in [0.15, 0.2) is 0 Å². The smallest absolute Gasteiger partial charge is 0.249 e. The van der Waals surface area contributed by atoms with Gasteiger partial charge in [0.05, 0.1) is 13.0 Å². The Morgan fingerprint density at radius 1 is 0.963 bits per heavy atom. The summed E-state index contributed by atoms with van der Waals surface area (Å²) in [7, 11) is 0. The summed E-state index contributed by atoms with van der Waals surface area (Å²) in [4.78, 5) is 27.2. The average Bonchev–Trinajstić information content (AvgIpc) is 2.69. The Kier molecular flexibility index (Phi) is 7.86. The number of likely N-dealkylation sites (N-methyl/N-ethyl adjacent to an activating group) is 1. The van der Waals surface area contributed by atoms with Crippen molar-refractivity contribution in [1.82, 2.24) is 10.2 Å². The van der Waals surface area contributed by atoms with Crippen LogP contribution in [0.15, 0.2) is 54.6 Å². The summed E-state index contributed by atoms with van der Waals surface area (Å²) in [6.45, 7) is 7.61. The molecule has 2 aromatic rings. The van der Waals surface area contributed by atoms with Gasteiger partial charge in [-0.05, 0) is 44.0 Å². The van der Waals surface area contributed by atoms with E-state index in [-0.39, 0.29) is 18.2 Å². The number of hydrogen-bond acceptors (Lipinski definition) is 3. The van der Waals surface area contributed by atoms with E-state index in [0.717, 1.165) is 16.9 Å². The molecule has 27 heavy (non-hydrogen) atoms. The molecule has 0 fully saturated rings. The quantitative estimate of drug-likeness (QED) is 0.738. The fraction of sp³-hybridized carbons (Fsp3) is 0.364. The lowest BCUT2D eigenvalue weighted by atomic mass is 10.0.